The van der Waals surface area contributed by atoms with Crippen LogP contribution in [0.5, 0.6) is 5.88 Å². The van der Waals surface area contributed by atoms with Crippen LogP contribution in [0.2, 0.25) is 0 Å². The SMILES string of the molecule is CCc1ccccc1NC(=O)C1CCCN(c2nc3ccccc3nc2OC)C1. The molecule has 1 aromatic heterocycles. The summed E-state index contributed by atoms with van der Waals surface area (Å²) in [6.07, 6.45) is 2.67. The molecule has 1 fully saturated rings. The number of piperidine rings is 1. The molecule has 0 radical (unpaired) electrons. The van der Waals surface area contributed by atoms with E-state index in [0.717, 1.165) is 48.1 Å². The molecule has 0 aliphatic carbocycles. The van der Waals surface area contributed by atoms with Crippen molar-refractivity contribution in [2.24, 2.45) is 5.92 Å². The molecular weight excluding hydrogens is 364 g/mol. The first-order chi connectivity index (χ1) is 14.2. The number of anilines is 2. The average Bonchev–Trinajstić information content (AvgIpc) is 2.78. The third kappa shape index (κ3) is 4.01. The normalized spacial score (nSPS) is 16.6. The van der Waals surface area contributed by atoms with Crippen LogP contribution >= 0.6 is 0 Å². The second-order valence-corrected chi connectivity index (χ2v) is 7.33. The maximum Gasteiger partial charge on any atom is 0.257 e. The van der Waals surface area contributed by atoms with E-state index in [1.165, 1.54) is 0 Å². The summed E-state index contributed by atoms with van der Waals surface area (Å²) in [6.45, 7) is 3.53. The van der Waals surface area contributed by atoms with Crippen LogP contribution in [0.1, 0.15) is 25.3 Å². The zero-order valence-electron chi connectivity index (χ0n) is 16.9. The monoisotopic (exact) mass is 390 g/mol. The minimum atomic E-state index is -0.105. The predicted molar refractivity (Wildman–Crippen MR) is 115 cm³/mol. The predicted octanol–water partition coefficient (Wildman–Crippen LogP) is 4.06. The number of hydrogen-bond donors (Lipinski definition) is 1. The zero-order valence-corrected chi connectivity index (χ0v) is 16.9. The number of methoxy groups -OCH3 is 1. The van der Waals surface area contributed by atoms with Gasteiger partial charge in [-0.2, -0.15) is 0 Å². The molecule has 4 rings (SSSR count). The Bertz CT molecular complexity index is 1020. The number of nitrogens with zero attached hydrogens (tertiary/aromatic N) is 3. The number of nitrogens with one attached hydrogen (secondary N) is 1. The molecule has 2 aromatic carbocycles. The molecule has 1 amide bonds. The van der Waals surface area contributed by atoms with Crippen molar-refractivity contribution in [3.63, 3.8) is 0 Å². The van der Waals surface area contributed by atoms with Gasteiger partial charge in [0, 0.05) is 18.8 Å². The molecule has 0 saturated carbocycles. The van der Waals surface area contributed by atoms with Crippen LogP contribution in [0.4, 0.5) is 11.5 Å². The van der Waals surface area contributed by atoms with E-state index in [-0.39, 0.29) is 11.8 Å². The van der Waals surface area contributed by atoms with Crippen LogP contribution in [-0.2, 0) is 11.2 Å². The van der Waals surface area contributed by atoms with E-state index in [1.807, 2.05) is 42.5 Å². The van der Waals surface area contributed by atoms with Crippen molar-refractivity contribution in [3.05, 3.63) is 54.1 Å². The summed E-state index contributed by atoms with van der Waals surface area (Å²) in [7, 11) is 1.61. The van der Waals surface area contributed by atoms with Crippen LogP contribution in [0, 0.1) is 5.92 Å². The third-order valence-electron chi connectivity index (χ3n) is 5.46. The Morgan fingerprint density at radius 1 is 1.14 bits per heavy atom. The van der Waals surface area contributed by atoms with Crippen molar-refractivity contribution >= 4 is 28.4 Å². The van der Waals surface area contributed by atoms with E-state index in [2.05, 4.69) is 28.2 Å². The molecule has 1 aliphatic heterocycles. The third-order valence-corrected chi connectivity index (χ3v) is 5.46. The maximum atomic E-state index is 13.0. The summed E-state index contributed by atoms with van der Waals surface area (Å²) in [5.74, 6) is 1.16. The summed E-state index contributed by atoms with van der Waals surface area (Å²) in [5.41, 5.74) is 3.68. The maximum absolute atomic E-state index is 13.0. The van der Waals surface area contributed by atoms with Gasteiger partial charge in [-0.15, -0.1) is 0 Å². The first kappa shape index (κ1) is 19.2. The molecule has 2 heterocycles. The van der Waals surface area contributed by atoms with Gasteiger partial charge in [-0.25, -0.2) is 9.97 Å². The lowest BCUT2D eigenvalue weighted by molar-refractivity contribution is -0.120. The van der Waals surface area contributed by atoms with Crippen molar-refractivity contribution in [2.75, 3.05) is 30.4 Å². The minimum Gasteiger partial charge on any atom is -0.478 e. The summed E-state index contributed by atoms with van der Waals surface area (Å²) < 4.78 is 5.51. The fraction of sp³-hybridized carbons (Fsp3) is 0.348. The van der Waals surface area contributed by atoms with Crippen molar-refractivity contribution in [3.8, 4) is 5.88 Å². The highest BCUT2D eigenvalue weighted by Crippen LogP contribution is 2.31. The molecule has 29 heavy (non-hydrogen) atoms. The van der Waals surface area contributed by atoms with E-state index in [1.54, 1.807) is 7.11 Å². The Labute approximate surface area is 170 Å². The Kier molecular flexibility index (Phi) is 5.60. The molecular formula is C23H26N4O2. The highest BCUT2D eigenvalue weighted by atomic mass is 16.5. The number of aromatic nitrogens is 2. The van der Waals surface area contributed by atoms with Crippen molar-refractivity contribution < 1.29 is 9.53 Å². The van der Waals surface area contributed by atoms with Gasteiger partial charge in [0.15, 0.2) is 5.82 Å². The Morgan fingerprint density at radius 3 is 2.62 bits per heavy atom. The second kappa shape index (κ2) is 8.47. The van der Waals surface area contributed by atoms with Gasteiger partial charge in [0.1, 0.15) is 0 Å². The largest absolute Gasteiger partial charge is 0.478 e. The fourth-order valence-electron chi connectivity index (χ4n) is 3.89. The van der Waals surface area contributed by atoms with Gasteiger partial charge in [-0.3, -0.25) is 4.79 Å². The highest BCUT2D eigenvalue weighted by Gasteiger charge is 2.29. The van der Waals surface area contributed by atoms with Gasteiger partial charge in [-0.05, 0) is 43.0 Å². The number of aryl methyl sites for hydroxylation is 1. The van der Waals surface area contributed by atoms with Crippen molar-refractivity contribution in [1.29, 1.82) is 0 Å². The fourth-order valence-corrected chi connectivity index (χ4v) is 3.89. The molecule has 3 aromatic rings. The lowest BCUT2D eigenvalue weighted by Gasteiger charge is -2.33. The van der Waals surface area contributed by atoms with Crippen LogP contribution < -0.4 is 15.0 Å². The number of carbonyl (C=O) groups is 1. The van der Waals surface area contributed by atoms with Crippen LogP contribution in [0.25, 0.3) is 11.0 Å². The molecule has 1 N–H and O–H groups in total. The second-order valence-electron chi connectivity index (χ2n) is 7.33. The van der Waals surface area contributed by atoms with E-state index in [4.69, 9.17) is 9.72 Å². The van der Waals surface area contributed by atoms with Crippen molar-refractivity contribution in [1.82, 2.24) is 9.97 Å². The summed E-state index contributed by atoms with van der Waals surface area (Å²) in [5, 5.41) is 3.13. The van der Waals surface area contributed by atoms with Crippen LogP contribution in [-0.4, -0.2) is 36.1 Å². The minimum absolute atomic E-state index is 0.0586. The summed E-state index contributed by atoms with van der Waals surface area (Å²) in [4.78, 5) is 24.5. The van der Waals surface area contributed by atoms with Gasteiger partial charge >= 0.3 is 0 Å². The van der Waals surface area contributed by atoms with Crippen molar-refractivity contribution in [2.45, 2.75) is 26.2 Å². The molecule has 1 atom stereocenters. The number of carbonyl (C=O) groups excluding carboxylic acids is 1. The highest BCUT2D eigenvalue weighted by molar-refractivity contribution is 5.93. The lowest BCUT2D eigenvalue weighted by atomic mass is 9.96. The molecule has 1 aliphatic rings. The van der Waals surface area contributed by atoms with E-state index in [9.17, 15) is 4.79 Å². The number of hydrogen-bond acceptors (Lipinski definition) is 5. The number of amides is 1. The van der Waals surface area contributed by atoms with E-state index >= 15 is 0 Å². The number of rotatable bonds is 5. The number of benzene rings is 2. The quantitative estimate of drug-likeness (QED) is 0.712. The number of para-hydroxylation sites is 3. The first-order valence-corrected chi connectivity index (χ1v) is 10.1. The van der Waals surface area contributed by atoms with E-state index < -0.39 is 0 Å². The molecule has 1 unspecified atom stereocenters. The van der Waals surface area contributed by atoms with Crippen LogP contribution in [0.15, 0.2) is 48.5 Å². The zero-order chi connectivity index (χ0) is 20.2. The topological polar surface area (TPSA) is 67.4 Å². The summed E-state index contributed by atoms with van der Waals surface area (Å²) >= 11 is 0. The molecule has 150 valence electrons. The lowest BCUT2D eigenvalue weighted by Crippen LogP contribution is -2.41. The smallest absolute Gasteiger partial charge is 0.257 e. The molecule has 6 heteroatoms. The van der Waals surface area contributed by atoms with Gasteiger partial charge in [0.2, 0.25) is 5.91 Å². The van der Waals surface area contributed by atoms with Gasteiger partial charge in [0.05, 0.1) is 24.1 Å². The first-order valence-electron chi connectivity index (χ1n) is 10.1. The van der Waals surface area contributed by atoms with Gasteiger partial charge < -0.3 is 15.0 Å². The Hall–Kier alpha value is -3.15. The average molecular weight is 390 g/mol. The van der Waals surface area contributed by atoms with Crippen LogP contribution in [0.3, 0.4) is 0 Å². The molecule has 6 nitrogen and oxygen atoms in total. The Balaban J connectivity index is 1.55. The standard InChI is InChI=1S/C23H26N4O2/c1-3-16-9-4-5-11-18(16)25-22(28)17-10-8-14-27(15-17)21-23(29-2)26-20-13-7-6-12-19(20)24-21/h4-7,9,11-13,17H,3,8,10,14-15H2,1-2H3,(H,25,28). The summed E-state index contributed by atoms with van der Waals surface area (Å²) in [6, 6.07) is 15.7. The molecule has 0 spiro atoms. The van der Waals surface area contributed by atoms with E-state index in [0.29, 0.717) is 18.2 Å². The number of fused-ring (bicyclic) bond motifs is 1. The Morgan fingerprint density at radius 2 is 1.86 bits per heavy atom. The van der Waals surface area contributed by atoms with Gasteiger partial charge in [0.25, 0.3) is 5.88 Å². The van der Waals surface area contributed by atoms with Gasteiger partial charge in [-0.1, -0.05) is 37.3 Å². The molecule has 0 bridgehead atoms. The molecule has 1 saturated heterocycles. The number of ether oxygens (including phenoxy) is 1.